The monoisotopic (exact) mass is 226 g/mol. The van der Waals surface area contributed by atoms with Gasteiger partial charge >= 0.3 is 29.6 Å². The summed E-state index contributed by atoms with van der Waals surface area (Å²) in [6.07, 6.45) is 3.17. The standard InChI is InChI=1S/C10H8N2O3.Na/c13-15-14-8-4-6-12-10(7-8)9-3-1-2-5-11-9;/h1-7,13H;/q;+1/p-1. The summed E-state index contributed by atoms with van der Waals surface area (Å²) in [5.41, 5.74) is 1.32. The first kappa shape index (κ1) is 13.1. The molecule has 2 aromatic heterocycles. The molecule has 0 atom stereocenters. The maximum Gasteiger partial charge on any atom is 1.00 e. The fraction of sp³-hybridized carbons (Fsp3) is 0. The quantitative estimate of drug-likeness (QED) is 0.335. The number of rotatable bonds is 3. The number of aromatic nitrogens is 2. The molecular weight excluding hydrogens is 219 g/mol. The second-order valence-electron chi connectivity index (χ2n) is 2.74. The Balaban J connectivity index is 0.00000128. The molecule has 0 saturated carbocycles. The van der Waals surface area contributed by atoms with E-state index in [1.54, 1.807) is 12.3 Å². The molecule has 0 amide bonds. The Morgan fingerprint density at radius 2 is 1.81 bits per heavy atom. The van der Waals surface area contributed by atoms with Crippen LogP contribution >= 0.6 is 0 Å². The van der Waals surface area contributed by atoms with Gasteiger partial charge in [-0.05, 0) is 12.1 Å². The van der Waals surface area contributed by atoms with Crippen molar-refractivity contribution in [2.75, 3.05) is 0 Å². The Morgan fingerprint density at radius 3 is 2.50 bits per heavy atom. The van der Waals surface area contributed by atoms with Crippen LogP contribution < -0.4 is 39.7 Å². The first-order valence-corrected chi connectivity index (χ1v) is 4.24. The van der Waals surface area contributed by atoms with E-state index in [2.05, 4.69) is 19.9 Å². The van der Waals surface area contributed by atoms with Crippen LogP contribution in [0, 0.1) is 0 Å². The van der Waals surface area contributed by atoms with Gasteiger partial charge in [0.1, 0.15) is 0 Å². The normalized spacial score (nSPS) is 9.31. The van der Waals surface area contributed by atoms with Crippen LogP contribution in [-0.2, 0) is 5.04 Å². The molecule has 0 N–H and O–H groups in total. The van der Waals surface area contributed by atoms with Crippen molar-refractivity contribution in [2.24, 2.45) is 0 Å². The second kappa shape index (κ2) is 6.57. The largest absolute Gasteiger partial charge is 1.00 e. The first-order chi connectivity index (χ1) is 7.40. The predicted octanol–water partition coefficient (Wildman–Crippen LogP) is -2.27. The van der Waals surface area contributed by atoms with Gasteiger partial charge in [-0.3, -0.25) is 9.97 Å². The minimum Gasteiger partial charge on any atom is -0.682 e. The SMILES string of the molecule is [Na+].[O-]OOc1ccnc(-c2ccccn2)c1. The van der Waals surface area contributed by atoms with Crippen LogP contribution in [0.2, 0.25) is 0 Å². The van der Waals surface area contributed by atoms with Crippen molar-refractivity contribution < 1.29 is 44.7 Å². The molecule has 0 fully saturated rings. The zero-order valence-corrected chi connectivity index (χ0v) is 10.7. The summed E-state index contributed by atoms with van der Waals surface area (Å²) in [4.78, 5) is 12.5. The van der Waals surface area contributed by atoms with Gasteiger partial charge in [0.2, 0.25) is 0 Å². The summed E-state index contributed by atoms with van der Waals surface area (Å²) in [7, 11) is 0. The van der Waals surface area contributed by atoms with Crippen molar-refractivity contribution in [2.45, 2.75) is 0 Å². The van der Waals surface area contributed by atoms with Gasteiger partial charge in [-0.1, -0.05) is 6.07 Å². The molecule has 0 aliphatic heterocycles. The van der Waals surface area contributed by atoms with E-state index in [0.717, 1.165) is 0 Å². The van der Waals surface area contributed by atoms with Gasteiger partial charge in [-0.15, -0.1) is 0 Å². The Morgan fingerprint density at radius 1 is 1.00 bits per heavy atom. The third-order valence-electron chi connectivity index (χ3n) is 1.79. The third kappa shape index (κ3) is 3.26. The summed E-state index contributed by atoms with van der Waals surface area (Å²) < 4.78 is 0. The van der Waals surface area contributed by atoms with Crippen molar-refractivity contribution in [1.29, 1.82) is 0 Å². The molecule has 16 heavy (non-hydrogen) atoms. The van der Waals surface area contributed by atoms with Crippen LogP contribution in [0.1, 0.15) is 0 Å². The van der Waals surface area contributed by atoms with Gasteiger partial charge in [-0.25, -0.2) is 5.04 Å². The minimum atomic E-state index is 0. The Hall–Kier alpha value is -0.980. The molecule has 0 unspecified atom stereocenters. The molecule has 76 valence electrons. The van der Waals surface area contributed by atoms with E-state index >= 15 is 0 Å². The molecule has 2 heterocycles. The maximum absolute atomic E-state index is 9.79. The number of pyridine rings is 2. The van der Waals surface area contributed by atoms with E-state index in [-0.39, 0.29) is 29.6 Å². The van der Waals surface area contributed by atoms with Crippen LogP contribution in [-0.4, -0.2) is 9.97 Å². The summed E-state index contributed by atoms with van der Waals surface area (Å²) >= 11 is 0. The van der Waals surface area contributed by atoms with Gasteiger partial charge < -0.3 is 10.1 Å². The van der Waals surface area contributed by atoms with Crippen molar-refractivity contribution >= 4 is 0 Å². The Kier molecular flexibility index (Phi) is 5.37. The molecular formula is C10H7N2NaO3. The zero-order chi connectivity index (χ0) is 10.5. The van der Waals surface area contributed by atoms with E-state index in [1.807, 2.05) is 18.2 Å². The van der Waals surface area contributed by atoms with Crippen LogP contribution in [0.25, 0.3) is 11.4 Å². The first-order valence-electron chi connectivity index (χ1n) is 4.24. The van der Waals surface area contributed by atoms with Crippen LogP contribution in [0.5, 0.6) is 5.75 Å². The molecule has 0 spiro atoms. The topological polar surface area (TPSA) is 67.3 Å². The molecule has 5 nitrogen and oxygen atoms in total. The molecule has 6 heteroatoms. The zero-order valence-electron chi connectivity index (χ0n) is 8.66. The molecule has 0 bridgehead atoms. The van der Waals surface area contributed by atoms with Crippen molar-refractivity contribution in [3.63, 3.8) is 0 Å². The van der Waals surface area contributed by atoms with Gasteiger partial charge in [0.05, 0.1) is 11.4 Å². The summed E-state index contributed by atoms with van der Waals surface area (Å²) in [6.45, 7) is 0. The van der Waals surface area contributed by atoms with Gasteiger partial charge in [0, 0.05) is 24.5 Å². The maximum atomic E-state index is 9.79. The van der Waals surface area contributed by atoms with Crippen LogP contribution in [0.3, 0.4) is 0 Å². The minimum absolute atomic E-state index is 0. The predicted molar refractivity (Wildman–Crippen MR) is 49.2 cm³/mol. The second-order valence-corrected chi connectivity index (χ2v) is 2.74. The molecule has 0 radical (unpaired) electrons. The van der Waals surface area contributed by atoms with Crippen molar-refractivity contribution in [1.82, 2.24) is 9.97 Å². The van der Waals surface area contributed by atoms with E-state index in [0.29, 0.717) is 17.1 Å². The molecule has 2 aromatic rings. The molecule has 2 rings (SSSR count). The van der Waals surface area contributed by atoms with E-state index in [9.17, 15) is 5.26 Å². The van der Waals surface area contributed by atoms with E-state index in [1.165, 1.54) is 12.3 Å². The molecule has 0 aliphatic rings. The molecule has 0 aliphatic carbocycles. The molecule has 0 aromatic carbocycles. The van der Waals surface area contributed by atoms with Gasteiger partial charge in [-0.2, -0.15) is 0 Å². The third-order valence-corrected chi connectivity index (χ3v) is 1.79. The van der Waals surface area contributed by atoms with Crippen molar-refractivity contribution in [3.8, 4) is 17.1 Å². The van der Waals surface area contributed by atoms with Crippen LogP contribution in [0.15, 0.2) is 42.7 Å². The van der Waals surface area contributed by atoms with Gasteiger partial charge in [0.25, 0.3) is 0 Å². The number of hydrogen-bond donors (Lipinski definition) is 0. The average Bonchev–Trinajstić information content (AvgIpc) is 2.31. The van der Waals surface area contributed by atoms with Crippen LogP contribution in [0.4, 0.5) is 0 Å². The summed E-state index contributed by atoms with van der Waals surface area (Å²) in [6, 6.07) is 8.56. The van der Waals surface area contributed by atoms with Crippen molar-refractivity contribution in [3.05, 3.63) is 42.7 Å². The molecule has 0 saturated heterocycles. The summed E-state index contributed by atoms with van der Waals surface area (Å²) in [5, 5.41) is 13.1. The van der Waals surface area contributed by atoms with E-state index < -0.39 is 0 Å². The smallest absolute Gasteiger partial charge is 0.682 e. The number of nitrogens with zero attached hydrogens (tertiary/aromatic N) is 2. The Bertz CT molecular complexity index is 439. The average molecular weight is 226 g/mol. The summed E-state index contributed by atoms with van der Waals surface area (Å²) in [5.74, 6) is 0.292. The fourth-order valence-corrected chi connectivity index (χ4v) is 1.16. The van der Waals surface area contributed by atoms with E-state index in [4.69, 9.17) is 0 Å². The number of hydrogen-bond acceptors (Lipinski definition) is 5. The fourth-order valence-electron chi connectivity index (χ4n) is 1.16. The van der Waals surface area contributed by atoms with Gasteiger partial charge in [0.15, 0.2) is 5.75 Å². The Labute approximate surface area is 114 Å².